The number of nitrogens with zero attached hydrogens (tertiary/aromatic N) is 1. The minimum absolute atomic E-state index is 0.0153. The summed E-state index contributed by atoms with van der Waals surface area (Å²) in [6.07, 6.45) is 0. The Morgan fingerprint density at radius 2 is 1.39 bits per heavy atom. The molecule has 0 bridgehead atoms. The van der Waals surface area contributed by atoms with Crippen LogP contribution in [0.5, 0.6) is 0 Å². The number of carbonyl (C=O) groups is 2. The number of hydrogen-bond acceptors (Lipinski definition) is 3. The first-order valence-corrected chi connectivity index (χ1v) is 11.2. The predicted octanol–water partition coefficient (Wildman–Crippen LogP) is 6.71. The molecule has 0 fully saturated rings. The zero-order valence-electron chi connectivity index (χ0n) is 17.6. The number of anilines is 1. The first kappa shape index (κ1) is 21.4. The Morgan fingerprint density at radius 3 is 1.97 bits per heavy atom. The lowest BCUT2D eigenvalue weighted by Crippen LogP contribution is -2.31. The van der Waals surface area contributed by atoms with E-state index in [1.54, 1.807) is 24.3 Å². The van der Waals surface area contributed by atoms with E-state index in [0.717, 1.165) is 10.5 Å². The van der Waals surface area contributed by atoms with Crippen molar-refractivity contribution in [2.75, 3.05) is 4.90 Å². The number of imide groups is 1. The maximum atomic E-state index is 13.5. The molecule has 0 saturated heterocycles. The highest BCUT2D eigenvalue weighted by atomic mass is 35.5. The third-order valence-electron chi connectivity index (χ3n) is 5.13. The number of thioether (sulfide) groups is 1. The van der Waals surface area contributed by atoms with Crippen molar-refractivity contribution in [1.82, 2.24) is 0 Å². The lowest BCUT2D eigenvalue weighted by atomic mass is 9.87. The lowest BCUT2D eigenvalue weighted by Gasteiger charge is -2.21. The Kier molecular flexibility index (Phi) is 5.78. The molecule has 5 heteroatoms. The van der Waals surface area contributed by atoms with Crippen LogP contribution < -0.4 is 4.90 Å². The molecular weight excluding hydrogens is 426 g/mol. The Balaban J connectivity index is 1.77. The van der Waals surface area contributed by atoms with Gasteiger partial charge in [-0.15, -0.1) is 0 Å². The van der Waals surface area contributed by atoms with E-state index in [1.807, 2.05) is 54.6 Å². The van der Waals surface area contributed by atoms with Gasteiger partial charge in [-0.1, -0.05) is 86.6 Å². The smallest absolute Gasteiger partial charge is 0.268 e. The molecular formula is C26H22ClNO2S. The van der Waals surface area contributed by atoms with Crippen molar-refractivity contribution in [3.63, 3.8) is 0 Å². The van der Waals surface area contributed by atoms with Gasteiger partial charge in [0.25, 0.3) is 11.8 Å². The highest BCUT2D eigenvalue weighted by Gasteiger charge is 2.40. The standard InChI is InChI=1S/C26H22ClNO2S/c1-26(2,3)18-11-15-20(16-12-18)28-24(29)22(17-9-13-19(27)14-10-17)23(25(28)30)31-21-7-5-4-6-8-21/h4-16H,1-3H3. The highest BCUT2D eigenvalue weighted by Crippen LogP contribution is 2.41. The van der Waals surface area contributed by atoms with Gasteiger partial charge in [-0.2, -0.15) is 0 Å². The van der Waals surface area contributed by atoms with Gasteiger partial charge in [0.1, 0.15) is 0 Å². The first-order chi connectivity index (χ1) is 14.8. The molecule has 2 amide bonds. The second-order valence-corrected chi connectivity index (χ2v) is 9.89. The maximum absolute atomic E-state index is 13.5. The van der Waals surface area contributed by atoms with Gasteiger partial charge in [0.05, 0.1) is 16.2 Å². The van der Waals surface area contributed by atoms with E-state index >= 15 is 0 Å². The van der Waals surface area contributed by atoms with Crippen LogP contribution in [0.4, 0.5) is 5.69 Å². The third-order valence-corrected chi connectivity index (χ3v) is 6.47. The first-order valence-electron chi connectivity index (χ1n) is 9.98. The number of halogens is 1. The molecule has 4 rings (SSSR count). The van der Waals surface area contributed by atoms with Gasteiger partial charge >= 0.3 is 0 Å². The molecule has 0 unspecified atom stereocenters. The van der Waals surface area contributed by atoms with Gasteiger partial charge < -0.3 is 0 Å². The Bertz CT molecular complexity index is 1160. The number of amides is 2. The summed E-state index contributed by atoms with van der Waals surface area (Å²) in [6.45, 7) is 6.38. The lowest BCUT2D eigenvalue weighted by molar-refractivity contribution is -0.119. The van der Waals surface area contributed by atoms with E-state index in [-0.39, 0.29) is 17.2 Å². The molecule has 0 aromatic heterocycles. The molecule has 31 heavy (non-hydrogen) atoms. The van der Waals surface area contributed by atoms with E-state index in [9.17, 15) is 9.59 Å². The van der Waals surface area contributed by atoms with E-state index in [0.29, 0.717) is 26.8 Å². The fraction of sp³-hybridized carbons (Fsp3) is 0.154. The van der Waals surface area contributed by atoms with Crippen LogP contribution in [0.25, 0.3) is 5.57 Å². The predicted molar refractivity (Wildman–Crippen MR) is 128 cm³/mol. The summed E-state index contributed by atoms with van der Waals surface area (Å²) in [5, 5.41) is 0.577. The molecule has 0 radical (unpaired) electrons. The molecule has 3 aromatic rings. The van der Waals surface area contributed by atoms with E-state index < -0.39 is 0 Å². The fourth-order valence-corrected chi connectivity index (χ4v) is 4.57. The molecule has 1 heterocycles. The number of benzene rings is 3. The molecule has 3 nitrogen and oxygen atoms in total. The van der Waals surface area contributed by atoms with Crippen molar-refractivity contribution in [2.24, 2.45) is 0 Å². The molecule has 156 valence electrons. The summed E-state index contributed by atoms with van der Waals surface area (Å²) in [5.74, 6) is -0.637. The molecule has 1 aliphatic heterocycles. The second-order valence-electron chi connectivity index (χ2n) is 8.37. The summed E-state index contributed by atoms with van der Waals surface area (Å²) in [6, 6.07) is 24.2. The van der Waals surface area contributed by atoms with Crippen LogP contribution in [-0.4, -0.2) is 11.8 Å². The van der Waals surface area contributed by atoms with Crippen LogP contribution in [0.3, 0.4) is 0 Å². The van der Waals surface area contributed by atoms with Crippen LogP contribution in [0.2, 0.25) is 5.02 Å². The zero-order valence-corrected chi connectivity index (χ0v) is 19.1. The number of hydrogen-bond donors (Lipinski definition) is 0. The van der Waals surface area contributed by atoms with Crippen molar-refractivity contribution < 1.29 is 9.59 Å². The second kappa shape index (κ2) is 8.37. The van der Waals surface area contributed by atoms with Crippen LogP contribution in [0, 0.1) is 0 Å². The van der Waals surface area contributed by atoms with Crippen LogP contribution in [0.1, 0.15) is 31.9 Å². The summed E-state index contributed by atoms with van der Waals surface area (Å²) >= 11 is 7.35. The zero-order chi connectivity index (χ0) is 22.2. The van der Waals surface area contributed by atoms with E-state index in [2.05, 4.69) is 20.8 Å². The van der Waals surface area contributed by atoms with Crippen LogP contribution in [-0.2, 0) is 15.0 Å². The minimum Gasteiger partial charge on any atom is -0.268 e. The molecule has 0 spiro atoms. The topological polar surface area (TPSA) is 37.4 Å². The SMILES string of the molecule is CC(C)(C)c1ccc(N2C(=O)C(Sc3ccccc3)=C(c3ccc(Cl)cc3)C2=O)cc1. The third kappa shape index (κ3) is 4.32. The quantitative estimate of drug-likeness (QED) is 0.417. The largest absolute Gasteiger partial charge is 0.272 e. The average molecular weight is 448 g/mol. The number of carbonyl (C=O) groups excluding carboxylic acids is 2. The monoisotopic (exact) mass is 447 g/mol. The Morgan fingerprint density at radius 1 is 0.774 bits per heavy atom. The van der Waals surface area contributed by atoms with Gasteiger partial charge in [-0.05, 0) is 52.9 Å². The summed E-state index contributed by atoms with van der Waals surface area (Å²) in [5.41, 5.74) is 2.77. The van der Waals surface area contributed by atoms with Gasteiger partial charge in [-0.3, -0.25) is 9.59 Å². The van der Waals surface area contributed by atoms with E-state index in [4.69, 9.17) is 11.6 Å². The normalized spacial score (nSPS) is 14.5. The van der Waals surface area contributed by atoms with Crippen molar-refractivity contribution in [1.29, 1.82) is 0 Å². The molecule has 1 aliphatic rings. The molecule has 0 N–H and O–H groups in total. The fourth-order valence-electron chi connectivity index (χ4n) is 3.43. The van der Waals surface area contributed by atoms with Crippen molar-refractivity contribution >= 4 is 46.4 Å². The molecule has 0 aliphatic carbocycles. The van der Waals surface area contributed by atoms with E-state index in [1.165, 1.54) is 16.7 Å². The molecule has 3 aromatic carbocycles. The van der Waals surface area contributed by atoms with Gasteiger partial charge in [0.15, 0.2) is 0 Å². The molecule has 0 saturated carbocycles. The maximum Gasteiger partial charge on any atom is 0.272 e. The summed E-state index contributed by atoms with van der Waals surface area (Å²) in [4.78, 5) is 29.5. The van der Waals surface area contributed by atoms with Gasteiger partial charge in [0.2, 0.25) is 0 Å². The van der Waals surface area contributed by atoms with Crippen molar-refractivity contribution in [2.45, 2.75) is 31.1 Å². The number of rotatable bonds is 4. The summed E-state index contributed by atoms with van der Waals surface area (Å²) in [7, 11) is 0. The Labute approximate surface area is 191 Å². The van der Waals surface area contributed by atoms with Gasteiger partial charge in [0, 0.05) is 9.92 Å². The summed E-state index contributed by atoms with van der Waals surface area (Å²) < 4.78 is 0. The van der Waals surface area contributed by atoms with Crippen molar-refractivity contribution in [3.05, 3.63) is 99.9 Å². The van der Waals surface area contributed by atoms with Crippen LogP contribution in [0.15, 0.2) is 88.7 Å². The minimum atomic E-state index is -0.325. The highest BCUT2D eigenvalue weighted by molar-refractivity contribution is 8.04. The van der Waals surface area contributed by atoms with Crippen LogP contribution >= 0.6 is 23.4 Å². The van der Waals surface area contributed by atoms with Gasteiger partial charge in [-0.25, -0.2) is 4.90 Å². The molecule has 0 atom stereocenters. The Hall–Kier alpha value is -2.82. The van der Waals surface area contributed by atoms with Crippen molar-refractivity contribution in [3.8, 4) is 0 Å². The average Bonchev–Trinajstić information content (AvgIpc) is 2.98.